The average Bonchev–Trinajstić information content (AvgIpc) is 3.74. The van der Waals surface area contributed by atoms with Crippen molar-refractivity contribution in [2.75, 3.05) is 43.9 Å². The molecule has 6 rings (SSSR count). The van der Waals surface area contributed by atoms with Crippen LogP contribution in [0.2, 0.25) is 0 Å². The molecule has 1 amide bonds. The fourth-order valence-electron chi connectivity index (χ4n) is 6.84. The van der Waals surface area contributed by atoms with Gasteiger partial charge in [0.05, 0.1) is 11.0 Å². The third-order valence-corrected chi connectivity index (χ3v) is 10.7. The zero-order valence-electron chi connectivity index (χ0n) is 25.7. The van der Waals surface area contributed by atoms with Gasteiger partial charge in [-0.3, -0.25) is 9.69 Å². The number of aryl methyl sites for hydroxylation is 1. The fraction of sp³-hybridized carbons (Fsp3) is 0.548. The molecule has 3 aromatic heterocycles. The number of carbonyl (C=O) groups is 1. The summed E-state index contributed by atoms with van der Waals surface area (Å²) in [5.41, 5.74) is 7.47. The van der Waals surface area contributed by atoms with Gasteiger partial charge in [0.2, 0.25) is 17.6 Å². The van der Waals surface area contributed by atoms with E-state index in [9.17, 15) is 10.1 Å². The molecule has 0 unspecified atom stereocenters. The number of nitrogens with zero attached hydrogens (tertiary/aromatic N) is 8. The number of piperazine rings is 1. The maximum Gasteiger partial charge on any atom is 0.319 e. The lowest BCUT2D eigenvalue weighted by Gasteiger charge is -2.35. The summed E-state index contributed by atoms with van der Waals surface area (Å²) >= 11 is 1.47. The van der Waals surface area contributed by atoms with Crippen molar-refractivity contribution >= 4 is 28.1 Å². The lowest BCUT2D eigenvalue weighted by Crippen LogP contribution is -2.48. The molecule has 232 valence electrons. The predicted molar refractivity (Wildman–Crippen MR) is 167 cm³/mol. The van der Waals surface area contributed by atoms with Crippen LogP contribution in [0.25, 0.3) is 11.5 Å². The number of nitrogens with two attached hydrogens (primary N) is 1. The van der Waals surface area contributed by atoms with Crippen molar-refractivity contribution < 1.29 is 14.1 Å². The summed E-state index contributed by atoms with van der Waals surface area (Å²) < 4.78 is 12.3. The van der Waals surface area contributed by atoms with Crippen LogP contribution >= 0.6 is 11.3 Å². The molecular weight excluding hydrogens is 578 g/mol. The number of amides is 1. The molecule has 5 heterocycles. The lowest BCUT2D eigenvalue weighted by atomic mass is 9.72. The third-order valence-electron chi connectivity index (χ3n) is 9.59. The number of thiophene rings is 1. The molecule has 2 N–H and O–H groups in total. The number of nitrogen functional groups attached to an aromatic ring is 1. The quantitative estimate of drug-likeness (QED) is 0.386. The SMILES string of the molecule is C=CC(=O)N1CCN(c2cc(-c3noc([C@@]4(C)CCCc5sc(N)c(C#N)c54)n3)nc(O[C@@H](C)[C@@H]3CC[C@H](C)N3C)n2)CC1. The minimum atomic E-state index is -0.639. The van der Waals surface area contributed by atoms with E-state index in [1.54, 1.807) is 4.90 Å². The second kappa shape index (κ2) is 11.8. The van der Waals surface area contributed by atoms with E-state index < -0.39 is 5.41 Å². The Morgan fingerprint density at radius 2 is 2.07 bits per heavy atom. The second-order valence-corrected chi connectivity index (χ2v) is 13.4. The normalized spacial score (nSPS) is 24.5. The van der Waals surface area contributed by atoms with Crippen molar-refractivity contribution in [1.29, 1.82) is 5.26 Å². The van der Waals surface area contributed by atoms with Gasteiger partial charge >= 0.3 is 6.01 Å². The van der Waals surface area contributed by atoms with E-state index in [2.05, 4.69) is 48.5 Å². The van der Waals surface area contributed by atoms with Crippen molar-refractivity contribution in [3.05, 3.63) is 40.6 Å². The minimum Gasteiger partial charge on any atom is -0.459 e. The molecule has 13 heteroatoms. The van der Waals surface area contributed by atoms with Crippen molar-refractivity contribution in [2.24, 2.45) is 0 Å². The van der Waals surface area contributed by atoms with Crippen LogP contribution < -0.4 is 15.4 Å². The van der Waals surface area contributed by atoms with E-state index in [0.29, 0.717) is 66.0 Å². The Kier molecular flexibility index (Phi) is 8.06. The van der Waals surface area contributed by atoms with Crippen LogP contribution in [0.4, 0.5) is 10.8 Å². The van der Waals surface area contributed by atoms with Gasteiger partial charge in [0.25, 0.3) is 0 Å². The number of nitriles is 1. The summed E-state index contributed by atoms with van der Waals surface area (Å²) in [6, 6.07) is 5.13. The van der Waals surface area contributed by atoms with Crippen LogP contribution in [-0.4, -0.2) is 87.2 Å². The molecule has 0 radical (unpaired) electrons. The molecule has 0 spiro atoms. The predicted octanol–water partition coefficient (Wildman–Crippen LogP) is 3.77. The van der Waals surface area contributed by atoms with Gasteiger partial charge in [0.15, 0.2) is 0 Å². The molecule has 0 aromatic carbocycles. The van der Waals surface area contributed by atoms with E-state index in [-0.39, 0.29) is 24.1 Å². The largest absolute Gasteiger partial charge is 0.459 e. The number of likely N-dealkylation sites (N-methyl/N-ethyl adjacent to an activating group) is 1. The number of rotatable bonds is 7. The number of anilines is 2. The van der Waals surface area contributed by atoms with Crippen molar-refractivity contribution in [3.8, 4) is 23.6 Å². The Hall–Kier alpha value is -4.02. The first kappa shape index (κ1) is 30.0. The molecule has 0 saturated carbocycles. The molecule has 2 fully saturated rings. The highest BCUT2D eigenvalue weighted by Gasteiger charge is 2.43. The van der Waals surface area contributed by atoms with Crippen molar-refractivity contribution in [3.63, 3.8) is 0 Å². The molecule has 3 aromatic rings. The van der Waals surface area contributed by atoms with Gasteiger partial charge in [-0.25, -0.2) is 0 Å². The summed E-state index contributed by atoms with van der Waals surface area (Å²) in [4.78, 5) is 33.9. The fourth-order valence-corrected chi connectivity index (χ4v) is 8.04. The number of hydrogen-bond acceptors (Lipinski definition) is 12. The first-order chi connectivity index (χ1) is 21.1. The Morgan fingerprint density at radius 3 is 2.75 bits per heavy atom. The first-order valence-electron chi connectivity index (χ1n) is 15.2. The summed E-state index contributed by atoms with van der Waals surface area (Å²) in [7, 11) is 2.13. The molecular formula is C31H39N9O3S. The number of aromatic nitrogens is 4. The summed E-state index contributed by atoms with van der Waals surface area (Å²) in [6.07, 6.45) is 5.92. The number of fused-ring (bicyclic) bond motifs is 1. The standard InChI is InChI=1S/C31H39N9O3S/c1-6-25(41)40-14-12-39(13-15-40)24-16-21(34-30(35-24)42-19(3)22-10-9-18(2)38(22)5)28-36-29(43-37-28)31(4)11-7-8-23-26(31)20(17-32)27(33)44-23/h6,16,18-19,22H,1,7-15,33H2,2-5H3/t18-,19-,22-,31-/m0/s1. The molecule has 2 aliphatic heterocycles. The van der Waals surface area contributed by atoms with Crippen LogP contribution in [0.3, 0.4) is 0 Å². The minimum absolute atomic E-state index is 0.0774. The van der Waals surface area contributed by atoms with Crippen LogP contribution in [0.1, 0.15) is 68.3 Å². The van der Waals surface area contributed by atoms with E-state index >= 15 is 0 Å². The van der Waals surface area contributed by atoms with Gasteiger partial charge in [-0.15, -0.1) is 11.3 Å². The smallest absolute Gasteiger partial charge is 0.319 e. The van der Waals surface area contributed by atoms with Gasteiger partial charge in [-0.2, -0.15) is 20.2 Å². The Bertz CT molecular complexity index is 1600. The number of likely N-dealkylation sites (tertiary alicyclic amines) is 1. The molecule has 3 aliphatic rings. The zero-order valence-corrected chi connectivity index (χ0v) is 26.6. The maximum atomic E-state index is 12.2. The van der Waals surface area contributed by atoms with E-state index in [0.717, 1.165) is 42.5 Å². The lowest BCUT2D eigenvalue weighted by molar-refractivity contribution is -0.126. The van der Waals surface area contributed by atoms with E-state index in [1.807, 2.05) is 13.0 Å². The third kappa shape index (κ3) is 5.30. The Balaban J connectivity index is 1.34. The maximum absolute atomic E-state index is 12.2. The van der Waals surface area contributed by atoms with Gasteiger partial charge in [-0.1, -0.05) is 11.7 Å². The topological polar surface area (TPSA) is 151 Å². The number of hydrogen-bond donors (Lipinski definition) is 1. The zero-order chi connectivity index (χ0) is 31.2. The van der Waals surface area contributed by atoms with Gasteiger partial charge in [-0.05, 0) is 66.0 Å². The monoisotopic (exact) mass is 617 g/mol. The highest BCUT2D eigenvalue weighted by molar-refractivity contribution is 7.16. The molecule has 4 atom stereocenters. The Morgan fingerprint density at radius 1 is 1.30 bits per heavy atom. The molecule has 1 aliphatic carbocycles. The number of ether oxygens (including phenoxy) is 1. The van der Waals surface area contributed by atoms with Crippen LogP contribution in [0, 0.1) is 11.3 Å². The first-order valence-corrected chi connectivity index (χ1v) is 16.0. The molecule has 12 nitrogen and oxygen atoms in total. The number of carbonyl (C=O) groups excluding carboxylic acids is 1. The average molecular weight is 618 g/mol. The Labute approximate surface area is 261 Å². The molecule has 0 bridgehead atoms. The van der Waals surface area contributed by atoms with Crippen LogP contribution in [-0.2, 0) is 16.6 Å². The van der Waals surface area contributed by atoms with Crippen LogP contribution in [0.5, 0.6) is 6.01 Å². The van der Waals surface area contributed by atoms with Gasteiger partial charge in [0, 0.05) is 54.8 Å². The van der Waals surface area contributed by atoms with E-state index in [4.69, 9.17) is 29.9 Å². The van der Waals surface area contributed by atoms with Gasteiger partial charge < -0.3 is 24.8 Å². The summed E-state index contributed by atoms with van der Waals surface area (Å²) in [5, 5.41) is 14.8. The molecule has 44 heavy (non-hydrogen) atoms. The summed E-state index contributed by atoms with van der Waals surface area (Å²) in [6.45, 7) is 12.3. The highest BCUT2D eigenvalue weighted by Crippen LogP contribution is 2.48. The second-order valence-electron chi connectivity index (χ2n) is 12.3. The summed E-state index contributed by atoms with van der Waals surface area (Å²) in [5.74, 6) is 1.34. The van der Waals surface area contributed by atoms with E-state index in [1.165, 1.54) is 17.4 Å². The molecule has 2 saturated heterocycles. The van der Waals surface area contributed by atoms with Crippen molar-refractivity contribution in [1.82, 2.24) is 29.9 Å². The highest BCUT2D eigenvalue weighted by atomic mass is 32.1. The van der Waals surface area contributed by atoms with Gasteiger partial charge in [0.1, 0.15) is 28.7 Å². The van der Waals surface area contributed by atoms with Crippen LogP contribution in [0.15, 0.2) is 23.2 Å². The van der Waals surface area contributed by atoms with Crippen molar-refractivity contribution in [2.45, 2.75) is 76.5 Å².